The second-order valence-electron chi connectivity index (χ2n) is 7.39. The van der Waals surface area contributed by atoms with Crippen molar-refractivity contribution in [3.8, 4) is 0 Å². The molecule has 0 spiro atoms. The number of carboxylic acid groups (broad SMARTS) is 2. The Kier molecular flexibility index (Phi) is 7.01. The zero-order valence-electron chi connectivity index (χ0n) is 18.0. The van der Waals surface area contributed by atoms with E-state index in [0.29, 0.717) is 16.4 Å². The number of nitrogen functional groups attached to an aromatic ring is 1. The summed E-state index contributed by atoms with van der Waals surface area (Å²) in [6.07, 6.45) is 0.693. The second kappa shape index (κ2) is 9.91. The van der Waals surface area contributed by atoms with E-state index in [4.69, 9.17) is 16.7 Å². The normalized spacial score (nSPS) is 11.7. The van der Waals surface area contributed by atoms with Crippen LogP contribution in [0.3, 0.4) is 0 Å². The van der Waals surface area contributed by atoms with Crippen molar-refractivity contribution in [1.82, 2.24) is 24.9 Å². The monoisotopic (exact) mass is 470 g/mol. The van der Waals surface area contributed by atoms with Crippen molar-refractivity contribution in [3.05, 3.63) is 52.1 Å². The van der Waals surface area contributed by atoms with E-state index in [2.05, 4.69) is 19.9 Å². The third-order valence-corrected chi connectivity index (χ3v) is 4.93. The van der Waals surface area contributed by atoms with Gasteiger partial charge in [-0.25, -0.2) is 20.6 Å². The number of hydrazine groups is 1. The van der Waals surface area contributed by atoms with Gasteiger partial charge in [-0.05, 0) is 30.7 Å². The summed E-state index contributed by atoms with van der Waals surface area (Å²) in [4.78, 5) is 63.2. The van der Waals surface area contributed by atoms with Crippen molar-refractivity contribution in [3.63, 3.8) is 0 Å². The highest BCUT2D eigenvalue weighted by Gasteiger charge is 2.28. The number of amides is 1. The van der Waals surface area contributed by atoms with Crippen LogP contribution >= 0.6 is 0 Å². The maximum atomic E-state index is 12.6. The van der Waals surface area contributed by atoms with Crippen LogP contribution in [-0.4, -0.2) is 66.1 Å². The van der Waals surface area contributed by atoms with E-state index in [1.165, 1.54) is 18.3 Å². The lowest BCUT2D eigenvalue weighted by atomic mass is 10.1. The largest absolute Gasteiger partial charge is 0.481 e. The molecule has 0 radical (unpaired) electrons. The second-order valence-corrected chi connectivity index (χ2v) is 7.39. The maximum Gasteiger partial charge on any atom is 0.328 e. The van der Waals surface area contributed by atoms with Gasteiger partial charge in [0.15, 0.2) is 11.2 Å². The first-order valence-corrected chi connectivity index (χ1v) is 9.92. The molecule has 1 amide bonds. The molecule has 0 saturated carbocycles. The molecule has 14 heteroatoms. The van der Waals surface area contributed by atoms with Gasteiger partial charge >= 0.3 is 11.9 Å². The van der Waals surface area contributed by atoms with Crippen molar-refractivity contribution in [2.75, 3.05) is 17.7 Å². The molecule has 0 aliphatic rings. The molecule has 0 fully saturated rings. The number of hydrogen-bond donors (Lipinski definition) is 5. The number of benzene rings is 1. The number of nitrogens with zero attached hydrogens (tertiary/aromatic N) is 5. The Labute approximate surface area is 191 Å². The van der Waals surface area contributed by atoms with Gasteiger partial charge in [0.2, 0.25) is 5.95 Å². The molecule has 1 atom stereocenters. The lowest BCUT2D eigenvalue weighted by Crippen LogP contribution is -2.49. The highest BCUT2D eigenvalue weighted by molar-refractivity contribution is 5.96. The van der Waals surface area contributed by atoms with Crippen LogP contribution in [0.1, 0.15) is 28.9 Å². The predicted octanol–water partition coefficient (Wildman–Crippen LogP) is -0.434. The number of fused-ring (bicyclic) bond motifs is 1. The number of nitrogens with one attached hydrogen (secondary N) is 1. The Morgan fingerprint density at radius 2 is 1.82 bits per heavy atom. The fourth-order valence-electron chi connectivity index (χ4n) is 3.17. The van der Waals surface area contributed by atoms with Gasteiger partial charge in [-0.1, -0.05) is 0 Å². The average Bonchev–Trinajstić information content (AvgIpc) is 2.78. The zero-order chi connectivity index (χ0) is 25.0. The van der Waals surface area contributed by atoms with Gasteiger partial charge in [-0.15, -0.1) is 0 Å². The van der Waals surface area contributed by atoms with Crippen LogP contribution in [0.4, 0.5) is 11.6 Å². The molecular formula is C20H22N8O6. The van der Waals surface area contributed by atoms with Gasteiger partial charge in [-0.2, -0.15) is 4.98 Å². The van der Waals surface area contributed by atoms with E-state index in [1.54, 1.807) is 24.1 Å². The topological polar surface area (TPSA) is 222 Å². The highest BCUT2D eigenvalue weighted by Crippen LogP contribution is 2.18. The summed E-state index contributed by atoms with van der Waals surface area (Å²) < 4.78 is 0. The first-order valence-electron chi connectivity index (χ1n) is 9.92. The summed E-state index contributed by atoms with van der Waals surface area (Å²) in [6, 6.07) is 4.70. The van der Waals surface area contributed by atoms with Crippen LogP contribution in [0.5, 0.6) is 0 Å². The molecule has 0 unspecified atom stereocenters. The summed E-state index contributed by atoms with van der Waals surface area (Å²) in [5.41, 5.74) is 6.48. The maximum absolute atomic E-state index is 12.6. The fourth-order valence-corrected chi connectivity index (χ4v) is 3.17. The number of carbonyl (C=O) groups is 3. The quantitative estimate of drug-likeness (QED) is 0.153. The van der Waals surface area contributed by atoms with Crippen LogP contribution in [0.15, 0.2) is 35.3 Å². The smallest absolute Gasteiger partial charge is 0.328 e. The van der Waals surface area contributed by atoms with E-state index in [1.807, 2.05) is 0 Å². The molecule has 0 bridgehead atoms. The number of carbonyl (C=O) groups excluding carboxylic acids is 1. The summed E-state index contributed by atoms with van der Waals surface area (Å²) in [5, 5.41) is 18.6. The molecule has 34 heavy (non-hydrogen) atoms. The first-order chi connectivity index (χ1) is 16.1. The van der Waals surface area contributed by atoms with Crippen LogP contribution < -0.4 is 22.0 Å². The van der Waals surface area contributed by atoms with Crippen LogP contribution in [0.2, 0.25) is 0 Å². The first kappa shape index (κ1) is 24.1. The van der Waals surface area contributed by atoms with E-state index >= 15 is 0 Å². The highest BCUT2D eigenvalue weighted by atomic mass is 16.4. The summed E-state index contributed by atoms with van der Waals surface area (Å²) in [7, 11) is 1.76. The van der Waals surface area contributed by atoms with E-state index in [0.717, 1.165) is 0 Å². The molecule has 178 valence electrons. The van der Waals surface area contributed by atoms with Gasteiger partial charge in [0.1, 0.15) is 6.04 Å². The number of aromatic amines is 1. The van der Waals surface area contributed by atoms with Crippen LogP contribution in [0.25, 0.3) is 11.2 Å². The molecule has 2 heterocycles. The summed E-state index contributed by atoms with van der Waals surface area (Å²) in [6.45, 7) is 0.277. The number of aliphatic carboxylic acids is 2. The SMILES string of the molecule is CN(Cc1cnc2nc(N)[nH]c(=O)c2n1)c1ccc(C(=O)N(N)[C@@H](CCC(=O)O)C(=O)O)cc1. The number of anilines is 2. The molecule has 1 aromatic carbocycles. The molecular weight excluding hydrogens is 448 g/mol. The molecule has 3 rings (SSSR count). The van der Waals surface area contributed by atoms with Crippen molar-refractivity contribution < 1.29 is 24.6 Å². The van der Waals surface area contributed by atoms with E-state index in [-0.39, 0.29) is 35.6 Å². The Hall–Kier alpha value is -4.59. The lowest BCUT2D eigenvalue weighted by molar-refractivity contribution is -0.143. The fraction of sp³-hybridized carbons (Fsp3) is 0.250. The number of hydrogen-bond acceptors (Lipinski definition) is 10. The van der Waals surface area contributed by atoms with Crippen molar-refractivity contribution in [2.45, 2.75) is 25.4 Å². The Balaban J connectivity index is 1.72. The number of rotatable bonds is 9. The molecule has 3 aromatic rings. The minimum absolute atomic E-state index is 0.0555. The Morgan fingerprint density at radius 1 is 1.15 bits per heavy atom. The van der Waals surface area contributed by atoms with Gasteiger partial charge < -0.3 is 20.8 Å². The molecule has 14 nitrogen and oxygen atoms in total. The molecule has 7 N–H and O–H groups in total. The Morgan fingerprint density at radius 3 is 2.44 bits per heavy atom. The number of carboxylic acids is 2. The van der Waals surface area contributed by atoms with Crippen LogP contribution in [-0.2, 0) is 16.1 Å². The van der Waals surface area contributed by atoms with E-state index in [9.17, 15) is 24.3 Å². The zero-order valence-corrected chi connectivity index (χ0v) is 18.0. The van der Waals surface area contributed by atoms with Gasteiger partial charge in [-0.3, -0.25) is 24.4 Å². The predicted molar refractivity (Wildman–Crippen MR) is 120 cm³/mol. The molecule has 0 aliphatic heterocycles. The van der Waals surface area contributed by atoms with Gasteiger partial charge in [0, 0.05) is 24.7 Å². The third-order valence-electron chi connectivity index (χ3n) is 4.93. The summed E-state index contributed by atoms with van der Waals surface area (Å²) >= 11 is 0. The number of aromatic nitrogens is 4. The van der Waals surface area contributed by atoms with Crippen LogP contribution in [0, 0.1) is 0 Å². The molecule has 0 saturated heterocycles. The van der Waals surface area contributed by atoms with E-state index < -0.39 is 35.9 Å². The van der Waals surface area contributed by atoms with Crippen molar-refractivity contribution >= 4 is 40.6 Å². The van der Waals surface area contributed by atoms with Gasteiger partial charge in [0.05, 0.1) is 18.4 Å². The van der Waals surface area contributed by atoms with Gasteiger partial charge in [0.25, 0.3) is 11.5 Å². The average molecular weight is 470 g/mol. The molecule has 2 aromatic heterocycles. The number of H-pyrrole nitrogens is 1. The lowest BCUT2D eigenvalue weighted by Gasteiger charge is -2.24. The number of nitrogens with two attached hydrogens (primary N) is 2. The minimum Gasteiger partial charge on any atom is -0.481 e. The standard InChI is InChI=1S/C20H22N8O6/c1-27(9-11-8-23-16-15(24-11)17(31)26-20(21)25-16)12-4-2-10(3-5-12)18(32)28(22)13(19(33)34)6-7-14(29)30/h2-5,8,13H,6-7,9,22H2,1H3,(H,29,30)(H,33,34)(H3,21,23,25,26,31)/t13-/m0/s1. The molecule has 0 aliphatic carbocycles. The summed E-state index contributed by atoms with van der Waals surface area (Å²) in [5.74, 6) is 2.27. The Bertz CT molecular complexity index is 1290. The van der Waals surface area contributed by atoms with Crippen molar-refractivity contribution in [2.24, 2.45) is 5.84 Å². The van der Waals surface area contributed by atoms with Crippen molar-refractivity contribution in [1.29, 1.82) is 0 Å². The minimum atomic E-state index is -1.48. The third kappa shape index (κ3) is 5.42.